The molecule has 1 aromatic carbocycles. The normalized spacial score (nSPS) is 32.7. The van der Waals surface area contributed by atoms with Crippen molar-refractivity contribution in [2.75, 3.05) is 0 Å². The summed E-state index contributed by atoms with van der Waals surface area (Å²) in [7, 11) is 0. The first-order valence-corrected chi connectivity index (χ1v) is 7.71. The van der Waals surface area contributed by atoms with Crippen LogP contribution in [0.15, 0.2) is 24.3 Å². The number of fused-ring (bicyclic) bond motifs is 1. The smallest absolute Gasteiger partial charge is 0.223 e. The molecule has 2 aliphatic rings. The van der Waals surface area contributed by atoms with E-state index in [-0.39, 0.29) is 17.9 Å². The second-order valence-electron chi connectivity index (χ2n) is 6.41. The lowest BCUT2D eigenvalue weighted by Gasteiger charge is -2.27. The molecule has 3 heteroatoms. The fourth-order valence-electron chi connectivity index (χ4n) is 3.54. The highest BCUT2D eigenvalue weighted by molar-refractivity contribution is 5.79. The van der Waals surface area contributed by atoms with Crippen LogP contribution in [0.5, 0.6) is 0 Å². The van der Waals surface area contributed by atoms with E-state index >= 15 is 0 Å². The molecule has 0 heterocycles. The van der Waals surface area contributed by atoms with Gasteiger partial charge in [0.1, 0.15) is 0 Å². The van der Waals surface area contributed by atoms with E-state index in [4.69, 9.17) is 0 Å². The third kappa shape index (κ3) is 2.59. The summed E-state index contributed by atoms with van der Waals surface area (Å²) in [5.41, 5.74) is 2.24. The summed E-state index contributed by atoms with van der Waals surface area (Å²) in [6, 6.07) is 7.78. The van der Waals surface area contributed by atoms with Crippen molar-refractivity contribution in [2.45, 2.75) is 51.2 Å². The van der Waals surface area contributed by atoms with Crippen LogP contribution in [0.3, 0.4) is 0 Å². The zero-order valence-electron chi connectivity index (χ0n) is 12.0. The second kappa shape index (κ2) is 5.57. The van der Waals surface area contributed by atoms with Gasteiger partial charge in [-0.2, -0.15) is 0 Å². The van der Waals surface area contributed by atoms with E-state index in [0.717, 1.165) is 42.7 Å². The number of hydrogen-bond acceptors (Lipinski definition) is 2. The Balaban J connectivity index is 1.67. The van der Waals surface area contributed by atoms with Gasteiger partial charge in [-0.15, -0.1) is 0 Å². The average Bonchev–Trinajstić information content (AvgIpc) is 2.76. The minimum Gasteiger partial charge on any atom is -0.390 e. The Labute approximate surface area is 120 Å². The lowest BCUT2D eigenvalue weighted by atomic mass is 9.82. The van der Waals surface area contributed by atoms with Crippen molar-refractivity contribution in [3.05, 3.63) is 35.4 Å². The van der Waals surface area contributed by atoms with Crippen LogP contribution in [0.1, 0.15) is 49.8 Å². The molecule has 1 aromatic rings. The number of hydrogen-bond donors (Lipinski definition) is 2. The molecule has 2 aliphatic carbocycles. The van der Waals surface area contributed by atoms with Gasteiger partial charge < -0.3 is 10.4 Å². The van der Waals surface area contributed by atoms with Crippen molar-refractivity contribution in [3.63, 3.8) is 0 Å². The van der Waals surface area contributed by atoms with Crippen LogP contribution in [0, 0.1) is 11.8 Å². The van der Waals surface area contributed by atoms with Crippen LogP contribution >= 0.6 is 0 Å². The van der Waals surface area contributed by atoms with Crippen molar-refractivity contribution >= 4 is 5.91 Å². The predicted octanol–water partition coefficient (Wildman–Crippen LogP) is 2.59. The lowest BCUT2D eigenvalue weighted by Crippen LogP contribution is -2.38. The van der Waals surface area contributed by atoms with Crippen LogP contribution < -0.4 is 5.32 Å². The number of rotatable bonds is 2. The quantitative estimate of drug-likeness (QED) is 0.870. The number of aliphatic hydroxyl groups is 1. The SMILES string of the molecule is CC1CCC(C(=O)N[C@@H]2c3ccccc3C[C@@H]2O)CC1. The summed E-state index contributed by atoms with van der Waals surface area (Å²) in [6.07, 6.45) is 4.40. The molecule has 0 spiro atoms. The summed E-state index contributed by atoms with van der Waals surface area (Å²) >= 11 is 0. The topological polar surface area (TPSA) is 49.3 Å². The van der Waals surface area contributed by atoms with Gasteiger partial charge in [-0.25, -0.2) is 0 Å². The van der Waals surface area contributed by atoms with Crippen LogP contribution in [-0.4, -0.2) is 17.1 Å². The van der Waals surface area contributed by atoms with E-state index in [9.17, 15) is 9.90 Å². The van der Waals surface area contributed by atoms with Crippen LogP contribution in [0.2, 0.25) is 0 Å². The maximum Gasteiger partial charge on any atom is 0.223 e. The summed E-state index contributed by atoms with van der Waals surface area (Å²) in [6.45, 7) is 2.26. The molecule has 0 bridgehead atoms. The highest BCUT2D eigenvalue weighted by atomic mass is 16.3. The predicted molar refractivity (Wildman–Crippen MR) is 78.2 cm³/mol. The number of aliphatic hydroxyl groups excluding tert-OH is 1. The maximum absolute atomic E-state index is 12.4. The molecule has 1 saturated carbocycles. The van der Waals surface area contributed by atoms with Crippen molar-refractivity contribution < 1.29 is 9.90 Å². The Bertz CT molecular complexity index is 492. The van der Waals surface area contributed by atoms with Gasteiger partial charge in [-0.05, 0) is 42.7 Å². The van der Waals surface area contributed by atoms with Crippen LogP contribution in [0.25, 0.3) is 0 Å². The third-order valence-corrected chi connectivity index (χ3v) is 4.89. The molecule has 108 valence electrons. The summed E-state index contributed by atoms with van der Waals surface area (Å²) in [5, 5.41) is 13.3. The van der Waals surface area contributed by atoms with E-state index < -0.39 is 6.10 Å². The molecule has 1 amide bonds. The molecule has 1 fully saturated rings. The Hall–Kier alpha value is -1.35. The van der Waals surface area contributed by atoms with Gasteiger partial charge in [0.15, 0.2) is 0 Å². The zero-order valence-corrected chi connectivity index (χ0v) is 12.0. The molecular formula is C17H23NO2. The van der Waals surface area contributed by atoms with E-state index in [0.29, 0.717) is 6.42 Å². The van der Waals surface area contributed by atoms with Gasteiger partial charge in [-0.3, -0.25) is 4.79 Å². The minimum atomic E-state index is -0.487. The average molecular weight is 273 g/mol. The molecule has 0 aromatic heterocycles. The monoisotopic (exact) mass is 273 g/mol. The fraction of sp³-hybridized carbons (Fsp3) is 0.588. The highest BCUT2D eigenvalue weighted by Crippen LogP contribution is 2.33. The number of benzene rings is 1. The number of amides is 1. The van der Waals surface area contributed by atoms with Crippen LogP contribution in [-0.2, 0) is 11.2 Å². The number of nitrogens with one attached hydrogen (secondary N) is 1. The van der Waals surface area contributed by atoms with Crippen molar-refractivity contribution in [3.8, 4) is 0 Å². The maximum atomic E-state index is 12.4. The van der Waals surface area contributed by atoms with Gasteiger partial charge in [0.25, 0.3) is 0 Å². The summed E-state index contributed by atoms with van der Waals surface area (Å²) in [4.78, 5) is 12.4. The van der Waals surface area contributed by atoms with Crippen molar-refractivity contribution in [1.82, 2.24) is 5.32 Å². The molecule has 0 unspecified atom stereocenters. The van der Waals surface area contributed by atoms with Crippen LogP contribution in [0.4, 0.5) is 0 Å². The van der Waals surface area contributed by atoms with Crippen molar-refractivity contribution in [1.29, 1.82) is 0 Å². The van der Waals surface area contributed by atoms with Gasteiger partial charge >= 0.3 is 0 Å². The molecule has 3 rings (SSSR count). The number of carbonyl (C=O) groups is 1. The second-order valence-corrected chi connectivity index (χ2v) is 6.41. The van der Waals surface area contributed by atoms with Gasteiger partial charge in [0.05, 0.1) is 12.1 Å². The number of carbonyl (C=O) groups excluding carboxylic acids is 1. The summed E-state index contributed by atoms with van der Waals surface area (Å²) in [5.74, 6) is 1.00. The van der Waals surface area contributed by atoms with Gasteiger partial charge in [0.2, 0.25) is 5.91 Å². The summed E-state index contributed by atoms with van der Waals surface area (Å²) < 4.78 is 0. The molecule has 2 atom stereocenters. The molecule has 3 nitrogen and oxygen atoms in total. The van der Waals surface area contributed by atoms with Crippen molar-refractivity contribution in [2.24, 2.45) is 11.8 Å². The molecule has 20 heavy (non-hydrogen) atoms. The molecule has 0 aliphatic heterocycles. The Morgan fingerprint density at radius 2 is 1.90 bits per heavy atom. The lowest BCUT2D eigenvalue weighted by molar-refractivity contribution is -0.127. The molecule has 0 radical (unpaired) electrons. The van der Waals surface area contributed by atoms with E-state index in [1.165, 1.54) is 0 Å². The van der Waals surface area contributed by atoms with E-state index in [2.05, 4.69) is 12.2 Å². The van der Waals surface area contributed by atoms with Gasteiger partial charge in [-0.1, -0.05) is 31.2 Å². The first kappa shape index (κ1) is 13.6. The first-order valence-electron chi connectivity index (χ1n) is 7.71. The molecular weight excluding hydrogens is 250 g/mol. The Morgan fingerprint density at radius 3 is 2.65 bits per heavy atom. The standard InChI is InChI=1S/C17H23NO2/c1-11-6-8-12(9-7-11)17(20)18-16-14-5-3-2-4-13(14)10-15(16)19/h2-5,11-12,15-16,19H,6-10H2,1H3,(H,18,20)/t11?,12?,15-,16+/m0/s1. The van der Waals surface area contributed by atoms with E-state index in [1.807, 2.05) is 24.3 Å². The van der Waals surface area contributed by atoms with E-state index in [1.54, 1.807) is 0 Å². The third-order valence-electron chi connectivity index (χ3n) is 4.89. The highest BCUT2D eigenvalue weighted by Gasteiger charge is 2.34. The zero-order chi connectivity index (χ0) is 14.1. The molecule has 2 N–H and O–H groups in total. The minimum absolute atomic E-state index is 0.123. The first-order chi connectivity index (χ1) is 9.65. The Kier molecular flexibility index (Phi) is 3.79. The molecule has 0 saturated heterocycles. The van der Waals surface area contributed by atoms with Gasteiger partial charge in [0, 0.05) is 12.3 Å². The fourth-order valence-corrected chi connectivity index (χ4v) is 3.54. The largest absolute Gasteiger partial charge is 0.390 e. The Morgan fingerprint density at radius 1 is 1.20 bits per heavy atom.